The van der Waals surface area contributed by atoms with E-state index in [9.17, 15) is 9.90 Å². The van der Waals surface area contributed by atoms with E-state index in [2.05, 4.69) is 20.9 Å². The van der Waals surface area contributed by atoms with Crippen molar-refractivity contribution in [1.82, 2.24) is 5.48 Å². The minimum absolute atomic E-state index is 0.0569. The van der Waals surface area contributed by atoms with Crippen LogP contribution in [0.3, 0.4) is 0 Å². The van der Waals surface area contributed by atoms with E-state index in [-0.39, 0.29) is 11.3 Å². The summed E-state index contributed by atoms with van der Waals surface area (Å²) < 4.78 is 5.77. The Labute approximate surface area is 135 Å². The number of benzene rings is 2. The molecule has 0 aliphatic heterocycles. The van der Waals surface area contributed by atoms with Gasteiger partial charge in [-0.05, 0) is 24.3 Å². The molecule has 0 fully saturated rings. The van der Waals surface area contributed by atoms with Gasteiger partial charge >= 0.3 is 0 Å². The number of aromatic hydroxyl groups is 1. The standard InChI is InChI=1S/C15H13BrN2O4/c1-22-13-7-10(16)6-9(14(13)19)8-17-12-5-3-2-4-11(12)15(20)18-21/h2-8,19,21H,1H3,(H,18,20). The number of halogens is 1. The lowest BCUT2D eigenvalue weighted by Crippen LogP contribution is -2.18. The Hall–Kier alpha value is -2.38. The van der Waals surface area contributed by atoms with Gasteiger partial charge in [-0.15, -0.1) is 0 Å². The molecule has 2 rings (SSSR count). The minimum Gasteiger partial charge on any atom is -0.504 e. The van der Waals surface area contributed by atoms with E-state index >= 15 is 0 Å². The smallest absolute Gasteiger partial charge is 0.276 e. The average Bonchev–Trinajstić information content (AvgIpc) is 2.54. The Morgan fingerprint density at radius 3 is 2.77 bits per heavy atom. The van der Waals surface area contributed by atoms with Gasteiger partial charge in [-0.3, -0.25) is 15.0 Å². The normalized spacial score (nSPS) is 10.7. The number of aliphatic imine (C=N–C) groups is 1. The van der Waals surface area contributed by atoms with E-state index in [1.807, 2.05) is 0 Å². The van der Waals surface area contributed by atoms with Crippen LogP contribution < -0.4 is 10.2 Å². The van der Waals surface area contributed by atoms with Gasteiger partial charge in [0.15, 0.2) is 11.5 Å². The molecule has 22 heavy (non-hydrogen) atoms. The average molecular weight is 365 g/mol. The summed E-state index contributed by atoms with van der Waals surface area (Å²) in [6, 6.07) is 9.80. The summed E-state index contributed by atoms with van der Waals surface area (Å²) >= 11 is 3.31. The maximum absolute atomic E-state index is 11.6. The Kier molecular flexibility index (Phi) is 5.13. The fourth-order valence-corrected chi connectivity index (χ4v) is 2.28. The van der Waals surface area contributed by atoms with Crippen LogP contribution in [0, 0.1) is 0 Å². The molecule has 6 nitrogen and oxygen atoms in total. The Morgan fingerprint density at radius 2 is 2.09 bits per heavy atom. The second-order valence-electron chi connectivity index (χ2n) is 4.26. The van der Waals surface area contributed by atoms with Gasteiger partial charge in [0.2, 0.25) is 0 Å². The maximum Gasteiger partial charge on any atom is 0.276 e. The topological polar surface area (TPSA) is 91.2 Å². The number of hydroxylamine groups is 1. The molecule has 0 unspecified atom stereocenters. The van der Waals surface area contributed by atoms with Crippen LogP contribution in [0.15, 0.2) is 45.9 Å². The molecule has 0 aliphatic rings. The van der Waals surface area contributed by atoms with Crippen molar-refractivity contribution in [3.8, 4) is 11.5 Å². The van der Waals surface area contributed by atoms with Crippen molar-refractivity contribution in [1.29, 1.82) is 0 Å². The third-order valence-corrected chi connectivity index (χ3v) is 3.34. The molecule has 7 heteroatoms. The van der Waals surface area contributed by atoms with Crippen LogP contribution in [0.2, 0.25) is 0 Å². The number of carbonyl (C=O) groups is 1. The number of carbonyl (C=O) groups excluding carboxylic acids is 1. The first-order valence-electron chi connectivity index (χ1n) is 6.21. The first-order valence-corrected chi connectivity index (χ1v) is 7.00. The molecule has 0 radical (unpaired) electrons. The van der Waals surface area contributed by atoms with Crippen LogP contribution >= 0.6 is 15.9 Å². The van der Waals surface area contributed by atoms with Crippen molar-refractivity contribution in [2.45, 2.75) is 0 Å². The molecule has 2 aromatic carbocycles. The van der Waals surface area contributed by atoms with Crippen LogP contribution in [0.1, 0.15) is 15.9 Å². The van der Waals surface area contributed by atoms with Crippen molar-refractivity contribution in [2.75, 3.05) is 7.11 Å². The number of para-hydroxylation sites is 1. The highest BCUT2D eigenvalue weighted by molar-refractivity contribution is 9.10. The number of methoxy groups -OCH3 is 1. The SMILES string of the molecule is COc1cc(Br)cc(C=Nc2ccccc2C(=O)NO)c1O. The van der Waals surface area contributed by atoms with E-state index in [1.165, 1.54) is 19.4 Å². The number of amides is 1. The quantitative estimate of drug-likeness (QED) is 0.441. The molecule has 0 bridgehead atoms. The Balaban J connectivity index is 2.42. The predicted octanol–water partition coefficient (Wildman–Crippen LogP) is 3.03. The molecule has 2 aromatic rings. The summed E-state index contributed by atoms with van der Waals surface area (Å²) in [6.45, 7) is 0. The molecular formula is C15H13BrN2O4. The molecule has 0 spiro atoms. The van der Waals surface area contributed by atoms with Crippen LogP contribution in [-0.4, -0.2) is 29.5 Å². The second kappa shape index (κ2) is 7.06. The third-order valence-electron chi connectivity index (χ3n) is 2.88. The largest absolute Gasteiger partial charge is 0.504 e. The minimum atomic E-state index is -0.663. The molecule has 114 valence electrons. The maximum atomic E-state index is 11.6. The molecule has 0 atom stereocenters. The highest BCUT2D eigenvalue weighted by Crippen LogP contribution is 2.33. The summed E-state index contributed by atoms with van der Waals surface area (Å²) in [4.78, 5) is 15.7. The van der Waals surface area contributed by atoms with Crippen molar-refractivity contribution >= 4 is 33.7 Å². The zero-order valence-electron chi connectivity index (χ0n) is 11.6. The summed E-state index contributed by atoms with van der Waals surface area (Å²) in [5.41, 5.74) is 2.56. The van der Waals surface area contributed by atoms with E-state index in [4.69, 9.17) is 9.94 Å². The predicted molar refractivity (Wildman–Crippen MR) is 85.3 cm³/mol. The van der Waals surface area contributed by atoms with Crippen LogP contribution in [0.4, 0.5) is 5.69 Å². The van der Waals surface area contributed by atoms with Crippen molar-refractivity contribution in [3.63, 3.8) is 0 Å². The van der Waals surface area contributed by atoms with Crippen LogP contribution in [-0.2, 0) is 0 Å². The number of rotatable bonds is 4. The lowest BCUT2D eigenvalue weighted by atomic mass is 10.1. The van der Waals surface area contributed by atoms with Gasteiger partial charge < -0.3 is 9.84 Å². The van der Waals surface area contributed by atoms with Gasteiger partial charge in [-0.1, -0.05) is 28.1 Å². The Morgan fingerprint density at radius 1 is 1.36 bits per heavy atom. The van der Waals surface area contributed by atoms with Gasteiger partial charge in [0, 0.05) is 16.3 Å². The van der Waals surface area contributed by atoms with Crippen molar-refractivity contribution in [2.24, 2.45) is 4.99 Å². The summed E-state index contributed by atoms with van der Waals surface area (Å²) in [5.74, 6) is -0.417. The van der Waals surface area contributed by atoms with Gasteiger partial charge in [-0.2, -0.15) is 0 Å². The number of phenolic OH excluding ortho intramolecular Hbond substituents is 1. The molecule has 0 aliphatic carbocycles. The van der Waals surface area contributed by atoms with Crippen LogP contribution in [0.25, 0.3) is 0 Å². The number of hydrogen-bond donors (Lipinski definition) is 3. The first-order chi connectivity index (χ1) is 10.6. The van der Waals surface area contributed by atoms with Crippen LogP contribution in [0.5, 0.6) is 11.5 Å². The first kappa shape index (κ1) is 16.0. The van der Waals surface area contributed by atoms with Gasteiger partial charge in [0.1, 0.15) is 0 Å². The number of phenols is 1. The molecule has 0 saturated heterocycles. The molecule has 3 N–H and O–H groups in total. The van der Waals surface area contributed by atoms with E-state index < -0.39 is 5.91 Å². The molecule has 0 aromatic heterocycles. The number of nitrogens with one attached hydrogen (secondary N) is 1. The zero-order valence-corrected chi connectivity index (χ0v) is 13.2. The molecule has 1 amide bonds. The summed E-state index contributed by atoms with van der Waals surface area (Å²) in [7, 11) is 1.45. The number of ether oxygens (including phenoxy) is 1. The number of hydrogen-bond acceptors (Lipinski definition) is 5. The highest BCUT2D eigenvalue weighted by Gasteiger charge is 2.10. The lowest BCUT2D eigenvalue weighted by Gasteiger charge is -2.07. The summed E-state index contributed by atoms with van der Waals surface area (Å²) in [6.07, 6.45) is 1.41. The molecular weight excluding hydrogens is 352 g/mol. The van der Waals surface area contributed by atoms with E-state index in [1.54, 1.807) is 35.8 Å². The van der Waals surface area contributed by atoms with E-state index in [0.29, 0.717) is 21.5 Å². The third kappa shape index (κ3) is 3.44. The fraction of sp³-hybridized carbons (Fsp3) is 0.0667. The summed E-state index contributed by atoms with van der Waals surface area (Å²) in [5, 5.41) is 18.8. The lowest BCUT2D eigenvalue weighted by molar-refractivity contribution is 0.0707. The number of nitrogens with zero attached hydrogens (tertiary/aromatic N) is 1. The van der Waals surface area contributed by atoms with Gasteiger partial charge in [-0.25, -0.2) is 5.48 Å². The van der Waals surface area contributed by atoms with Gasteiger partial charge in [0.05, 0.1) is 18.4 Å². The van der Waals surface area contributed by atoms with Crippen molar-refractivity contribution in [3.05, 3.63) is 52.0 Å². The fourth-order valence-electron chi connectivity index (χ4n) is 1.83. The van der Waals surface area contributed by atoms with E-state index in [0.717, 1.165) is 0 Å². The highest BCUT2D eigenvalue weighted by atomic mass is 79.9. The monoisotopic (exact) mass is 364 g/mol. The Bertz CT molecular complexity index is 731. The molecule has 0 heterocycles. The zero-order chi connectivity index (χ0) is 16.1. The van der Waals surface area contributed by atoms with Gasteiger partial charge in [0.25, 0.3) is 5.91 Å². The molecule has 0 saturated carbocycles. The second-order valence-corrected chi connectivity index (χ2v) is 5.18. The van der Waals surface area contributed by atoms with Crippen molar-refractivity contribution < 1.29 is 19.8 Å².